The van der Waals surface area contributed by atoms with E-state index in [0.29, 0.717) is 6.42 Å². The number of thiophene rings is 1. The molecular weight excluding hydrogens is 196 g/mol. The van der Waals surface area contributed by atoms with Crippen LogP contribution in [-0.4, -0.2) is 12.5 Å². The Kier molecular flexibility index (Phi) is 4.73. The summed E-state index contributed by atoms with van der Waals surface area (Å²) in [6.45, 7) is 0.109. The summed E-state index contributed by atoms with van der Waals surface area (Å²) in [5.41, 5.74) is 0. The van der Waals surface area contributed by atoms with Gasteiger partial charge in [0.15, 0.2) is 0 Å². The van der Waals surface area contributed by atoms with Crippen molar-refractivity contribution in [2.45, 2.75) is 19.3 Å². The molecule has 0 unspecified atom stereocenters. The number of hydrogen-bond acceptors (Lipinski definition) is 3. The summed E-state index contributed by atoms with van der Waals surface area (Å²) in [4.78, 5) is 12.4. The van der Waals surface area contributed by atoms with Gasteiger partial charge < -0.3 is 5.32 Å². The van der Waals surface area contributed by atoms with Gasteiger partial charge in [-0.25, -0.2) is 0 Å². The minimum Gasteiger partial charge on any atom is -0.343 e. The average molecular weight is 208 g/mol. The van der Waals surface area contributed by atoms with Crippen LogP contribution in [0.25, 0.3) is 0 Å². The van der Waals surface area contributed by atoms with E-state index in [4.69, 9.17) is 5.26 Å². The van der Waals surface area contributed by atoms with Crippen molar-refractivity contribution in [2.24, 2.45) is 0 Å². The molecule has 0 saturated heterocycles. The van der Waals surface area contributed by atoms with Crippen molar-refractivity contribution in [2.75, 3.05) is 6.54 Å². The van der Waals surface area contributed by atoms with Crippen LogP contribution in [0.5, 0.6) is 0 Å². The Labute approximate surface area is 87.4 Å². The molecule has 1 amide bonds. The molecule has 14 heavy (non-hydrogen) atoms. The second-order valence-corrected chi connectivity index (χ2v) is 3.90. The van der Waals surface area contributed by atoms with E-state index >= 15 is 0 Å². The number of carbonyl (C=O) groups excluding carboxylic acids is 1. The SMILES string of the molecule is N#CCNC(=O)CCCc1cccs1. The van der Waals surface area contributed by atoms with E-state index in [1.54, 1.807) is 11.3 Å². The molecule has 0 radical (unpaired) electrons. The van der Waals surface area contributed by atoms with Gasteiger partial charge in [0.25, 0.3) is 0 Å². The third-order valence-corrected chi connectivity index (χ3v) is 2.71. The zero-order valence-electron chi connectivity index (χ0n) is 7.82. The number of rotatable bonds is 5. The summed E-state index contributed by atoms with van der Waals surface area (Å²) in [5, 5.41) is 12.8. The first-order valence-electron chi connectivity index (χ1n) is 4.49. The van der Waals surface area contributed by atoms with Crippen LogP contribution in [0.15, 0.2) is 17.5 Å². The highest BCUT2D eigenvalue weighted by Crippen LogP contribution is 2.11. The molecule has 3 nitrogen and oxygen atoms in total. The summed E-state index contributed by atoms with van der Waals surface area (Å²) in [6, 6.07) is 5.95. The Hall–Kier alpha value is -1.34. The largest absolute Gasteiger partial charge is 0.343 e. The highest BCUT2D eigenvalue weighted by molar-refractivity contribution is 7.09. The molecule has 0 aromatic carbocycles. The Morgan fingerprint density at radius 1 is 1.64 bits per heavy atom. The van der Waals surface area contributed by atoms with E-state index in [1.807, 2.05) is 17.5 Å². The summed E-state index contributed by atoms with van der Waals surface area (Å²) in [6.07, 6.45) is 2.29. The standard InChI is InChI=1S/C10H12N2OS/c11-6-7-12-10(13)5-1-3-9-4-2-8-14-9/h2,4,8H,1,3,5,7H2,(H,12,13). The molecule has 0 fully saturated rings. The first kappa shape index (κ1) is 10.7. The van der Waals surface area contributed by atoms with Crippen LogP contribution >= 0.6 is 11.3 Å². The van der Waals surface area contributed by atoms with Crippen molar-refractivity contribution in [1.82, 2.24) is 5.32 Å². The third kappa shape index (κ3) is 4.06. The molecule has 0 saturated carbocycles. The first-order chi connectivity index (χ1) is 6.83. The molecule has 0 bridgehead atoms. The normalized spacial score (nSPS) is 9.36. The van der Waals surface area contributed by atoms with Gasteiger partial charge in [-0.15, -0.1) is 11.3 Å². The second-order valence-electron chi connectivity index (χ2n) is 2.87. The van der Waals surface area contributed by atoms with Crippen LogP contribution in [0.2, 0.25) is 0 Å². The maximum atomic E-state index is 11.1. The average Bonchev–Trinajstić information content (AvgIpc) is 2.67. The van der Waals surface area contributed by atoms with E-state index in [-0.39, 0.29) is 12.5 Å². The van der Waals surface area contributed by atoms with Crippen molar-refractivity contribution in [1.29, 1.82) is 5.26 Å². The van der Waals surface area contributed by atoms with Gasteiger partial charge in [-0.2, -0.15) is 5.26 Å². The van der Waals surface area contributed by atoms with Crippen molar-refractivity contribution < 1.29 is 4.79 Å². The van der Waals surface area contributed by atoms with Crippen molar-refractivity contribution in [3.63, 3.8) is 0 Å². The van der Waals surface area contributed by atoms with Crippen LogP contribution in [0.3, 0.4) is 0 Å². The number of aryl methyl sites for hydroxylation is 1. The third-order valence-electron chi connectivity index (χ3n) is 1.77. The van der Waals surface area contributed by atoms with E-state index in [1.165, 1.54) is 4.88 Å². The van der Waals surface area contributed by atoms with Crippen LogP contribution in [-0.2, 0) is 11.2 Å². The number of nitrogens with one attached hydrogen (secondary N) is 1. The molecular formula is C10H12N2OS. The summed E-state index contributed by atoms with van der Waals surface area (Å²) < 4.78 is 0. The Balaban J connectivity index is 2.10. The second kappa shape index (κ2) is 6.17. The fourth-order valence-corrected chi connectivity index (χ4v) is 1.86. The van der Waals surface area contributed by atoms with Crippen LogP contribution in [0, 0.1) is 11.3 Å². The minimum atomic E-state index is -0.0388. The smallest absolute Gasteiger partial charge is 0.220 e. The molecule has 1 aromatic rings. The van der Waals surface area contributed by atoms with E-state index < -0.39 is 0 Å². The molecule has 0 aliphatic carbocycles. The van der Waals surface area contributed by atoms with Crippen molar-refractivity contribution in [3.05, 3.63) is 22.4 Å². The van der Waals surface area contributed by atoms with Gasteiger partial charge in [0, 0.05) is 11.3 Å². The van der Waals surface area contributed by atoms with Crippen LogP contribution in [0.1, 0.15) is 17.7 Å². The Morgan fingerprint density at radius 3 is 3.14 bits per heavy atom. The number of hydrogen-bond donors (Lipinski definition) is 1. The summed E-state index contributed by atoms with van der Waals surface area (Å²) in [5.74, 6) is -0.0388. The quantitative estimate of drug-likeness (QED) is 0.749. The fraction of sp³-hybridized carbons (Fsp3) is 0.400. The number of nitriles is 1. The van der Waals surface area contributed by atoms with Gasteiger partial charge >= 0.3 is 0 Å². The topological polar surface area (TPSA) is 52.9 Å². The maximum absolute atomic E-state index is 11.1. The maximum Gasteiger partial charge on any atom is 0.220 e. The lowest BCUT2D eigenvalue weighted by Crippen LogP contribution is -2.23. The number of carbonyl (C=O) groups is 1. The molecule has 0 aliphatic heterocycles. The van der Waals surface area contributed by atoms with Crippen molar-refractivity contribution >= 4 is 17.2 Å². The van der Waals surface area contributed by atoms with Gasteiger partial charge in [0.2, 0.25) is 5.91 Å². The fourth-order valence-electron chi connectivity index (χ4n) is 1.10. The Morgan fingerprint density at radius 2 is 2.50 bits per heavy atom. The zero-order chi connectivity index (χ0) is 10.2. The van der Waals surface area contributed by atoms with Crippen LogP contribution < -0.4 is 5.32 Å². The van der Waals surface area contributed by atoms with Crippen molar-refractivity contribution in [3.8, 4) is 6.07 Å². The number of nitrogens with zero attached hydrogens (tertiary/aromatic N) is 1. The van der Waals surface area contributed by atoms with Crippen LogP contribution in [0.4, 0.5) is 0 Å². The summed E-state index contributed by atoms with van der Waals surface area (Å²) in [7, 11) is 0. The molecule has 1 N–H and O–H groups in total. The lowest BCUT2D eigenvalue weighted by Gasteiger charge is -1.99. The predicted molar refractivity (Wildman–Crippen MR) is 55.9 cm³/mol. The highest BCUT2D eigenvalue weighted by atomic mass is 32.1. The molecule has 1 rings (SSSR count). The molecule has 0 spiro atoms. The molecule has 4 heteroatoms. The van der Waals surface area contributed by atoms with Gasteiger partial charge in [0.1, 0.15) is 6.54 Å². The minimum absolute atomic E-state index is 0.0388. The van der Waals surface area contributed by atoms with E-state index in [2.05, 4.69) is 11.4 Å². The first-order valence-corrected chi connectivity index (χ1v) is 5.37. The lowest BCUT2D eigenvalue weighted by molar-refractivity contribution is -0.120. The monoisotopic (exact) mass is 208 g/mol. The lowest BCUT2D eigenvalue weighted by atomic mass is 10.2. The zero-order valence-corrected chi connectivity index (χ0v) is 8.64. The Bertz CT molecular complexity index is 313. The molecule has 0 atom stereocenters. The number of amides is 1. The molecule has 1 aromatic heterocycles. The predicted octanol–water partition coefficient (Wildman–Crippen LogP) is 1.71. The van der Waals surface area contributed by atoms with E-state index in [9.17, 15) is 4.79 Å². The van der Waals surface area contributed by atoms with Gasteiger partial charge in [-0.05, 0) is 24.3 Å². The van der Waals surface area contributed by atoms with Gasteiger partial charge in [-0.1, -0.05) is 6.07 Å². The molecule has 0 aliphatic rings. The summed E-state index contributed by atoms with van der Waals surface area (Å²) >= 11 is 1.71. The molecule has 1 heterocycles. The molecule has 74 valence electrons. The van der Waals surface area contributed by atoms with Gasteiger partial charge in [-0.3, -0.25) is 4.79 Å². The van der Waals surface area contributed by atoms with Gasteiger partial charge in [0.05, 0.1) is 6.07 Å². The highest BCUT2D eigenvalue weighted by Gasteiger charge is 2.00. The van der Waals surface area contributed by atoms with E-state index in [0.717, 1.165) is 12.8 Å².